The molecule has 0 heterocycles. The van der Waals surface area contributed by atoms with Crippen LogP contribution in [-0.4, -0.2) is 34.5 Å². The van der Waals surface area contributed by atoms with Gasteiger partial charge < -0.3 is 10.0 Å². The highest BCUT2D eigenvalue weighted by Gasteiger charge is 2.34. The summed E-state index contributed by atoms with van der Waals surface area (Å²) in [6.07, 6.45) is 1.74. The Morgan fingerprint density at radius 3 is 2.61 bits per heavy atom. The van der Waals surface area contributed by atoms with Crippen LogP contribution in [0.3, 0.4) is 0 Å². The molecule has 0 unspecified atom stereocenters. The van der Waals surface area contributed by atoms with Gasteiger partial charge in [0.2, 0.25) is 0 Å². The van der Waals surface area contributed by atoms with Crippen LogP contribution in [0.5, 0.6) is 0 Å². The Bertz CT molecular complexity index is 502. The van der Waals surface area contributed by atoms with E-state index in [1.807, 2.05) is 0 Å². The van der Waals surface area contributed by atoms with Crippen molar-refractivity contribution < 1.29 is 14.7 Å². The molecule has 2 rings (SSSR count). The van der Waals surface area contributed by atoms with Gasteiger partial charge in [0.1, 0.15) is 6.54 Å². The monoisotopic (exact) mass is 331 g/mol. The minimum absolute atomic E-state index is 0.0584. The van der Waals surface area contributed by atoms with Crippen molar-refractivity contribution in [3.05, 3.63) is 33.3 Å². The van der Waals surface area contributed by atoms with E-state index in [2.05, 4.69) is 15.9 Å². The van der Waals surface area contributed by atoms with Gasteiger partial charge in [-0.25, -0.2) is 0 Å². The molecular formula is C12H11BrClNO3. The number of hydrogen-bond acceptors (Lipinski definition) is 2. The van der Waals surface area contributed by atoms with Crippen LogP contribution in [0.1, 0.15) is 23.2 Å². The molecule has 0 bridgehead atoms. The molecule has 0 atom stereocenters. The van der Waals surface area contributed by atoms with E-state index in [0.717, 1.165) is 12.8 Å². The summed E-state index contributed by atoms with van der Waals surface area (Å²) in [4.78, 5) is 24.4. The summed E-state index contributed by atoms with van der Waals surface area (Å²) in [5.74, 6) is -1.26. The Kier molecular flexibility index (Phi) is 3.92. The van der Waals surface area contributed by atoms with E-state index < -0.39 is 5.97 Å². The number of amides is 1. The number of benzene rings is 1. The van der Waals surface area contributed by atoms with Gasteiger partial charge in [0, 0.05) is 16.1 Å². The topological polar surface area (TPSA) is 57.6 Å². The first kappa shape index (κ1) is 13.4. The van der Waals surface area contributed by atoms with Crippen LogP contribution in [0.2, 0.25) is 5.02 Å². The lowest BCUT2D eigenvalue weighted by Gasteiger charge is -2.20. The van der Waals surface area contributed by atoms with E-state index in [1.54, 1.807) is 18.2 Å². The Labute approximate surface area is 118 Å². The first-order valence-corrected chi connectivity index (χ1v) is 6.64. The van der Waals surface area contributed by atoms with Gasteiger partial charge in [0.15, 0.2) is 0 Å². The van der Waals surface area contributed by atoms with Crippen molar-refractivity contribution >= 4 is 39.4 Å². The molecule has 0 spiro atoms. The summed E-state index contributed by atoms with van der Waals surface area (Å²) >= 11 is 9.11. The summed E-state index contributed by atoms with van der Waals surface area (Å²) < 4.78 is 0.626. The van der Waals surface area contributed by atoms with Gasteiger partial charge in [0.25, 0.3) is 5.91 Å². The number of carboxylic acid groups (broad SMARTS) is 1. The normalized spacial score (nSPS) is 14.3. The van der Waals surface area contributed by atoms with E-state index in [4.69, 9.17) is 16.7 Å². The van der Waals surface area contributed by atoms with Gasteiger partial charge in [0.05, 0.1) is 5.02 Å². The Morgan fingerprint density at radius 2 is 2.11 bits per heavy atom. The van der Waals surface area contributed by atoms with Crippen molar-refractivity contribution in [2.24, 2.45) is 0 Å². The zero-order chi connectivity index (χ0) is 13.3. The second-order valence-electron chi connectivity index (χ2n) is 4.19. The summed E-state index contributed by atoms with van der Waals surface area (Å²) in [7, 11) is 0. The van der Waals surface area contributed by atoms with Crippen LogP contribution in [-0.2, 0) is 4.79 Å². The molecule has 1 aliphatic carbocycles. The molecule has 0 saturated heterocycles. The van der Waals surface area contributed by atoms with Crippen LogP contribution >= 0.6 is 27.5 Å². The minimum Gasteiger partial charge on any atom is -0.480 e. The third kappa shape index (κ3) is 3.03. The average molecular weight is 333 g/mol. The van der Waals surface area contributed by atoms with Crippen molar-refractivity contribution in [3.8, 4) is 0 Å². The van der Waals surface area contributed by atoms with E-state index >= 15 is 0 Å². The van der Waals surface area contributed by atoms with Gasteiger partial charge in [-0.3, -0.25) is 9.59 Å². The van der Waals surface area contributed by atoms with Crippen molar-refractivity contribution in [2.45, 2.75) is 18.9 Å². The zero-order valence-corrected chi connectivity index (χ0v) is 11.7. The molecule has 1 aliphatic rings. The number of hydrogen-bond donors (Lipinski definition) is 1. The third-order valence-electron chi connectivity index (χ3n) is 2.72. The molecular weight excluding hydrogens is 321 g/mol. The van der Waals surface area contributed by atoms with Crippen molar-refractivity contribution in [1.29, 1.82) is 0 Å². The third-order valence-corrected chi connectivity index (χ3v) is 3.93. The molecule has 4 nitrogen and oxygen atoms in total. The molecule has 1 aromatic carbocycles. The largest absolute Gasteiger partial charge is 0.480 e. The second kappa shape index (κ2) is 5.28. The Hall–Kier alpha value is -1.07. The fourth-order valence-electron chi connectivity index (χ4n) is 1.69. The quantitative estimate of drug-likeness (QED) is 0.922. The lowest BCUT2D eigenvalue weighted by atomic mass is 10.2. The van der Waals surface area contributed by atoms with E-state index in [1.165, 1.54) is 4.90 Å². The molecule has 1 fully saturated rings. The lowest BCUT2D eigenvalue weighted by molar-refractivity contribution is -0.137. The van der Waals surface area contributed by atoms with Crippen molar-refractivity contribution in [2.75, 3.05) is 6.54 Å². The number of carbonyl (C=O) groups is 2. The van der Waals surface area contributed by atoms with E-state index in [9.17, 15) is 9.59 Å². The summed E-state index contributed by atoms with van der Waals surface area (Å²) in [6, 6.07) is 4.89. The van der Waals surface area contributed by atoms with E-state index in [-0.39, 0.29) is 18.5 Å². The minimum atomic E-state index is -0.997. The highest BCUT2D eigenvalue weighted by Crippen LogP contribution is 2.29. The summed E-state index contributed by atoms with van der Waals surface area (Å²) in [6.45, 7) is -0.260. The number of nitrogens with zero attached hydrogens (tertiary/aromatic N) is 1. The van der Waals surface area contributed by atoms with Gasteiger partial charge in [-0.2, -0.15) is 0 Å². The zero-order valence-electron chi connectivity index (χ0n) is 9.40. The molecule has 1 amide bonds. The van der Waals surface area contributed by atoms with Gasteiger partial charge >= 0.3 is 5.97 Å². The molecule has 1 aromatic rings. The fourth-order valence-corrected chi connectivity index (χ4v) is 2.19. The number of rotatable bonds is 4. The molecule has 96 valence electrons. The number of carbonyl (C=O) groups excluding carboxylic acids is 1. The maximum atomic E-state index is 12.2. The van der Waals surface area contributed by atoms with Crippen LogP contribution in [0, 0.1) is 0 Å². The van der Waals surface area contributed by atoms with Crippen LogP contribution in [0.15, 0.2) is 22.7 Å². The predicted molar refractivity (Wildman–Crippen MR) is 70.8 cm³/mol. The van der Waals surface area contributed by atoms with Crippen LogP contribution < -0.4 is 0 Å². The maximum absolute atomic E-state index is 12.2. The smallest absolute Gasteiger partial charge is 0.323 e. The molecule has 6 heteroatoms. The van der Waals surface area contributed by atoms with Crippen LogP contribution in [0.4, 0.5) is 0 Å². The van der Waals surface area contributed by atoms with Crippen molar-refractivity contribution in [3.63, 3.8) is 0 Å². The maximum Gasteiger partial charge on any atom is 0.323 e. The lowest BCUT2D eigenvalue weighted by Crippen LogP contribution is -2.37. The number of halogens is 2. The SMILES string of the molecule is O=C(O)CN(C(=O)c1ccc(Cl)c(Br)c1)C1CC1. The first-order valence-electron chi connectivity index (χ1n) is 5.47. The highest BCUT2D eigenvalue weighted by atomic mass is 79.9. The van der Waals surface area contributed by atoms with Crippen LogP contribution in [0.25, 0.3) is 0 Å². The molecule has 0 radical (unpaired) electrons. The van der Waals surface area contributed by atoms with Crippen molar-refractivity contribution in [1.82, 2.24) is 4.90 Å². The standard InChI is InChI=1S/C12H11BrClNO3/c13-9-5-7(1-4-10(9)14)12(18)15(6-11(16)17)8-2-3-8/h1,4-5,8H,2-3,6H2,(H,16,17). The Morgan fingerprint density at radius 1 is 1.44 bits per heavy atom. The predicted octanol–water partition coefficient (Wildman–Crippen LogP) is 2.79. The summed E-state index contributed by atoms with van der Waals surface area (Å²) in [5.41, 5.74) is 0.444. The molecule has 1 saturated carbocycles. The molecule has 18 heavy (non-hydrogen) atoms. The Balaban J connectivity index is 2.21. The molecule has 1 N–H and O–H groups in total. The molecule has 0 aliphatic heterocycles. The van der Waals surface area contributed by atoms with E-state index in [0.29, 0.717) is 15.1 Å². The molecule has 0 aromatic heterocycles. The average Bonchev–Trinajstić information content (AvgIpc) is 3.12. The first-order chi connectivity index (χ1) is 8.49. The highest BCUT2D eigenvalue weighted by molar-refractivity contribution is 9.10. The number of aliphatic carboxylic acids is 1. The second-order valence-corrected chi connectivity index (χ2v) is 5.45. The van der Waals surface area contributed by atoms with Gasteiger partial charge in [-0.1, -0.05) is 11.6 Å². The van der Waals surface area contributed by atoms with Gasteiger partial charge in [-0.05, 0) is 47.0 Å². The number of carboxylic acids is 1. The van der Waals surface area contributed by atoms with Gasteiger partial charge in [-0.15, -0.1) is 0 Å². The fraction of sp³-hybridized carbons (Fsp3) is 0.333. The summed E-state index contributed by atoms with van der Waals surface area (Å²) in [5, 5.41) is 9.35.